The third-order valence-electron chi connectivity index (χ3n) is 4.62. The lowest BCUT2D eigenvalue weighted by Crippen LogP contribution is -2.38. The van der Waals surface area contributed by atoms with Gasteiger partial charge in [-0.2, -0.15) is 0 Å². The first-order valence-corrected chi connectivity index (χ1v) is 10.1. The largest absolute Gasteiger partial charge is 0.357 e. The summed E-state index contributed by atoms with van der Waals surface area (Å²) in [5.41, 5.74) is 1.23. The average Bonchev–Trinajstić information content (AvgIpc) is 2.87. The van der Waals surface area contributed by atoms with Crippen LogP contribution in [0, 0.1) is 0 Å². The van der Waals surface area contributed by atoms with Gasteiger partial charge in [0.25, 0.3) is 0 Å². The van der Waals surface area contributed by atoms with Gasteiger partial charge in [0, 0.05) is 37.6 Å². The van der Waals surface area contributed by atoms with Gasteiger partial charge < -0.3 is 14.8 Å². The van der Waals surface area contributed by atoms with Crippen LogP contribution in [0.25, 0.3) is 0 Å². The lowest BCUT2D eigenvalue weighted by molar-refractivity contribution is 0.474. The molecule has 27 heavy (non-hydrogen) atoms. The molecule has 0 atom stereocenters. The molecule has 0 unspecified atom stereocenters. The number of rotatable bonds is 5. The number of nitrogens with zero attached hydrogens (tertiary/aromatic N) is 5. The van der Waals surface area contributed by atoms with E-state index in [1.807, 2.05) is 6.07 Å². The molecule has 6 nitrogen and oxygen atoms in total. The maximum absolute atomic E-state index is 4.81. The van der Waals surface area contributed by atoms with Crippen LogP contribution in [0.2, 0.25) is 0 Å². The Balaban J connectivity index is 0.00000261. The van der Waals surface area contributed by atoms with E-state index in [0.29, 0.717) is 6.54 Å². The van der Waals surface area contributed by atoms with Crippen molar-refractivity contribution in [2.45, 2.75) is 52.2 Å². The number of guanidine groups is 1. The molecule has 0 bridgehead atoms. The number of aliphatic imine (C=N–C) groups is 1. The minimum Gasteiger partial charge on any atom is -0.357 e. The molecular weight excluding hydrogens is 519 g/mol. The van der Waals surface area contributed by atoms with E-state index < -0.39 is 0 Å². The summed E-state index contributed by atoms with van der Waals surface area (Å²) in [6.07, 6.45) is 4.70. The highest BCUT2D eigenvalue weighted by molar-refractivity contribution is 14.0. The summed E-state index contributed by atoms with van der Waals surface area (Å²) in [7, 11) is 2.06. The predicted octanol–water partition coefficient (Wildman–Crippen LogP) is 3.98. The van der Waals surface area contributed by atoms with Crippen molar-refractivity contribution in [1.29, 1.82) is 0 Å². The van der Waals surface area contributed by atoms with Crippen molar-refractivity contribution in [3.63, 3.8) is 0 Å². The van der Waals surface area contributed by atoms with E-state index in [1.165, 1.54) is 24.8 Å². The molecule has 1 N–H and O–H groups in total. The SMILES string of the molecule is CCNC(=NCc1nnc2n1CCCCC2)N(C)Cc1ccccc1Br.I. The molecule has 2 aromatic rings. The van der Waals surface area contributed by atoms with E-state index in [-0.39, 0.29) is 24.0 Å². The molecule has 148 valence electrons. The first-order chi connectivity index (χ1) is 12.7. The molecule has 3 rings (SSSR count). The van der Waals surface area contributed by atoms with Crippen LogP contribution >= 0.6 is 39.9 Å². The molecule has 0 fully saturated rings. The molecule has 1 aliphatic rings. The summed E-state index contributed by atoms with van der Waals surface area (Å²) in [6, 6.07) is 8.29. The maximum atomic E-state index is 4.81. The van der Waals surface area contributed by atoms with Crippen LogP contribution in [0.4, 0.5) is 0 Å². The highest BCUT2D eigenvalue weighted by Crippen LogP contribution is 2.18. The van der Waals surface area contributed by atoms with Crippen LogP contribution in [0.5, 0.6) is 0 Å². The molecule has 1 aromatic carbocycles. The van der Waals surface area contributed by atoms with E-state index in [9.17, 15) is 0 Å². The zero-order valence-corrected chi connectivity index (χ0v) is 19.9. The molecular formula is C19H28BrIN6. The van der Waals surface area contributed by atoms with Gasteiger partial charge in [-0.15, -0.1) is 34.2 Å². The second-order valence-corrected chi connectivity index (χ2v) is 7.47. The molecule has 1 aromatic heterocycles. The normalized spacial score (nSPS) is 14.1. The standard InChI is InChI=1S/C19H27BrN6.HI/c1-3-21-19(25(2)14-15-9-6-7-10-16(15)20)22-13-18-24-23-17-11-5-4-8-12-26(17)18;/h6-7,9-10H,3-5,8,11-14H2,1-2H3,(H,21,22);1H. The van der Waals surface area contributed by atoms with E-state index in [2.05, 4.69) is 73.1 Å². The van der Waals surface area contributed by atoms with Gasteiger partial charge in [0.2, 0.25) is 0 Å². The average molecular weight is 547 g/mol. The second-order valence-electron chi connectivity index (χ2n) is 6.61. The van der Waals surface area contributed by atoms with E-state index in [1.54, 1.807) is 0 Å². The van der Waals surface area contributed by atoms with Crippen molar-refractivity contribution >= 4 is 45.9 Å². The van der Waals surface area contributed by atoms with Gasteiger partial charge in [-0.05, 0) is 31.4 Å². The Hall–Kier alpha value is -1.16. The monoisotopic (exact) mass is 546 g/mol. The zero-order valence-electron chi connectivity index (χ0n) is 16.0. The number of nitrogens with one attached hydrogen (secondary N) is 1. The third-order valence-corrected chi connectivity index (χ3v) is 5.39. The number of hydrogen-bond acceptors (Lipinski definition) is 3. The fraction of sp³-hybridized carbons (Fsp3) is 0.526. The lowest BCUT2D eigenvalue weighted by Gasteiger charge is -2.22. The van der Waals surface area contributed by atoms with Gasteiger partial charge in [-0.25, -0.2) is 4.99 Å². The van der Waals surface area contributed by atoms with Gasteiger partial charge in [0.1, 0.15) is 12.4 Å². The summed E-state index contributed by atoms with van der Waals surface area (Å²) >= 11 is 3.62. The molecule has 0 saturated carbocycles. The fourth-order valence-electron chi connectivity index (χ4n) is 3.23. The van der Waals surface area contributed by atoms with Gasteiger partial charge in [-0.1, -0.05) is 40.5 Å². The summed E-state index contributed by atoms with van der Waals surface area (Å²) in [5, 5.41) is 12.1. The highest BCUT2D eigenvalue weighted by Gasteiger charge is 2.15. The molecule has 0 radical (unpaired) electrons. The maximum Gasteiger partial charge on any atom is 0.194 e. The number of hydrogen-bond donors (Lipinski definition) is 1. The molecule has 2 heterocycles. The first-order valence-electron chi connectivity index (χ1n) is 9.33. The van der Waals surface area contributed by atoms with Gasteiger partial charge in [0.05, 0.1) is 0 Å². The van der Waals surface area contributed by atoms with E-state index in [4.69, 9.17) is 4.99 Å². The van der Waals surface area contributed by atoms with Gasteiger partial charge in [0.15, 0.2) is 11.8 Å². The quantitative estimate of drug-likeness (QED) is 0.350. The lowest BCUT2D eigenvalue weighted by atomic mass is 10.2. The van der Waals surface area contributed by atoms with Crippen molar-refractivity contribution in [3.8, 4) is 0 Å². The zero-order chi connectivity index (χ0) is 18.4. The summed E-state index contributed by atoms with van der Waals surface area (Å²) in [4.78, 5) is 6.96. The van der Waals surface area contributed by atoms with Crippen molar-refractivity contribution in [3.05, 3.63) is 46.0 Å². The molecule has 0 amide bonds. The predicted molar refractivity (Wildman–Crippen MR) is 123 cm³/mol. The Kier molecular flexibility index (Phi) is 9.01. The van der Waals surface area contributed by atoms with Crippen LogP contribution in [-0.2, 0) is 26.1 Å². The number of benzene rings is 1. The smallest absolute Gasteiger partial charge is 0.194 e. The first kappa shape index (κ1) is 22.1. The van der Waals surface area contributed by atoms with Crippen LogP contribution in [-0.4, -0.2) is 39.2 Å². The van der Waals surface area contributed by atoms with Crippen LogP contribution < -0.4 is 5.32 Å². The molecule has 0 saturated heterocycles. The molecule has 0 aliphatic carbocycles. The fourth-order valence-corrected chi connectivity index (χ4v) is 3.64. The summed E-state index contributed by atoms with van der Waals surface area (Å²) in [5.74, 6) is 2.96. The number of aryl methyl sites for hydroxylation is 1. The Morgan fingerprint density at radius 3 is 2.85 bits per heavy atom. The Morgan fingerprint density at radius 1 is 1.26 bits per heavy atom. The van der Waals surface area contributed by atoms with Crippen LogP contribution in [0.1, 0.15) is 43.4 Å². The molecule has 0 spiro atoms. The summed E-state index contributed by atoms with van der Waals surface area (Å²) in [6.45, 7) is 5.26. The Bertz CT molecular complexity index is 760. The molecule has 8 heteroatoms. The summed E-state index contributed by atoms with van der Waals surface area (Å²) < 4.78 is 3.37. The highest BCUT2D eigenvalue weighted by atomic mass is 127. The van der Waals surface area contributed by atoms with Crippen molar-refractivity contribution in [2.24, 2.45) is 4.99 Å². The topological polar surface area (TPSA) is 58.3 Å². The Morgan fingerprint density at radius 2 is 2.07 bits per heavy atom. The number of fused-ring (bicyclic) bond motifs is 1. The number of aromatic nitrogens is 3. The second kappa shape index (κ2) is 11.0. The third kappa shape index (κ3) is 5.91. The number of halogens is 2. The van der Waals surface area contributed by atoms with Crippen LogP contribution in [0.15, 0.2) is 33.7 Å². The minimum absolute atomic E-state index is 0. The minimum atomic E-state index is 0. The van der Waals surface area contributed by atoms with Crippen molar-refractivity contribution in [2.75, 3.05) is 13.6 Å². The van der Waals surface area contributed by atoms with E-state index >= 15 is 0 Å². The van der Waals surface area contributed by atoms with E-state index in [0.717, 1.165) is 48.1 Å². The van der Waals surface area contributed by atoms with Gasteiger partial charge in [-0.3, -0.25) is 0 Å². The van der Waals surface area contributed by atoms with Crippen molar-refractivity contribution < 1.29 is 0 Å². The van der Waals surface area contributed by atoms with Crippen molar-refractivity contribution in [1.82, 2.24) is 25.0 Å². The van der Waals surface area contributed by atoms with Crippen LogP contribution in [0.3, 0.4) is 0 Å². The Labute approximate surface area is 187 Å². The molecule has 1 aliphatic heterocycles. The van der Waals surface area contributed by atoms with Gasteiger partial charge >= 0.3 is 0 Å².